The normalized spacial score (nSPS) is 10.6. The van der Waals surface area contributed by atoms with E-state index in [1.54, 1.807) is 6.92 Å². The van der Waals surface area contributed by atoms with Gasteiger partial charge in [0.25, 0.3) is 5.91 Å². The number of hydrogen-bond acceptors (Lipinski definition) is 4. The minimum atomic E-state index is -0.587. The van der Waals surface area contributed by atoms with Gasteiger partial charge in [0.05, 0.1) is 11.4 Å². The van der Waals surface area contributed by atoms with Crippen LogP contribution in [0.15, 0.2) is 42.5 Å². The lowest BCUT2D eigenvalue weighted by atomic mass is 10.2. The summed E-state index contributed by atoms with van der Waals surface area (Å²) in [4.78, 5) is 17.2. The van der Waals surface area contributed by atoms with Crippen LogP contribution < -0.4 is 10.1 Å². The molecule has 0 unspecified atom stereocenters. The van der Waals surface area contributed by atoms with Crippen molar-refractivity contribution >= 4 is 34.5 Å². The molecule has 0 fully saturated rings. The van der Waals surface area contributed by atoms with E-state index in [1.165, 1.54) is 23.5 Å². The first-order chi connectivity index (χ1) is 12.4. The maximum atomic E-state index is 13.8. The molecule has 1 aromatic heterocycles. The molecule has 4 nitrogen and oxygen atoms in total. The smallest absolute Gasteiger partial charge is 0.267 e. The second kappa shape index (κ2) is 7.85. The van der Waals surface area contributed by atoms with Gasteiger partial charge < -0.3 is 10.1 Å². The summed E-state index contributed by atoms with van der Waals surface area (Å²) in [5.41, 5.74) is 1.80. The second-order valence-corrected chi connectivity index (χ2v) is 7.22. The number of anilines is 1. The number of aromatic nitrogens is 1. The van der Waals surface area contributed by atoms with Gasteiger partial charge in [-0.25, -0.2) is 9.37 Å². The highest BCUT2D eigenvalue weighted by Gasteiger charge is 2.17. The van der Waals surface area contributed by atoms with Crippen molar-refractivity contribution in [3.63, 3.8) is 0 Å². The van der Waals surface area contributed by atoms with E-state index in [1.807, 2.05) is 31.2 Å². The zero-order chi connectivity index (χ0) is 18.7. The Hall–Kier alpha value is -2.44. The molecule has 7 heteroatoms. The Morgan fingerprint density at radius 2 is 1.96 bits per heavy atom. The molecule has 134 valence electrons. The Kier molecular flexibility index (Phi) is 5.54. The zero-order valence-electron chi connectivity index (χ0n) is 14.2. The number of carbonyl (C=O) groups is 1. The first kappa shape index (κ1) is 18.4. The minimum Gasteiger partial charge on any atom is -0.486 e. The summed E-state index contributed by atoms with van der Waals surface area (Å²) in [6.45, 7) is 4.00. The molecule has 0 aliphatic heterocycles. The predicted molar refractivity (Wildman–Crippen MR) is 102 cm³/mol. The molecule has 0 aliphatic carbocycles. The molecule has 26 heavy (non-hydrogen) atoms. The summed E-state index contributed by atoms with van der Waals surface area (Å²) < 4.78 is 19.5. The van der Waals surface area contributed by atoms with Crippen molar-refractivity contribution in [3.8, 4) is 5.75 Å². The van der Waals surface area contributed by atoms with Gasteiger partial charge in [-0.1, -0.05) is 29.3 Å². The van der Waals surface area contributed by atoms with Crippen molar-refractivity contribution in [3.05, 3.63) is 74.4 Å². The largest absolute Gasteiger partial charge is 0.486 e. The summed E-state index contributed by atoms with van der Waals surface area (Å²) in [6.07, 6.45) is 0. The van der Waals surface area contributed by atoms with E-state index >= 15 is 0 Å². The summed E-state index contributed by atoms with van der Waals surface area (Å²) >= 11 is 6.94. The summed E-state index contributed by atoms with van der Waals surface area (Å²) in [5.74, 6) is -0.267. The molecule has 0 radical (unpaired) electrons. The van der Waals surface area contributed by atoms with Crippen LogP contribution in [-0.2, 0) is 6.61 Å². The number of rotatable bonds is 5. The van der Waals surface area contributed by atoms with Crippen LogP contribution in [0.25, 0.3) is 0 Å². The maximum absolute atomic E-state index is 13.8. The Morgan fingerprint density at radius 3 is 2.65 bits per heavy atom. The molecule has 3 aromatic rings. The first-order valence-corrected chi connectivity index (χ1v) is 9.04. The van der Waals surface area contributed by atoms with Crippen molar-refractivity contribution in [1.29, 1.82) is 0 Å². The van der Waals surface area contributed by atoms with Gasteiger partial charge in [0.15, 0.2) is 0 Å². The molecular weight excluding hydrogens is 375 g/mol. The number of thiazole rings is 1. The van der Waals surface area contributed by atoms with Gasteiger partial charge in [-0.2, -0.15) is 0 Å². The van der Waals surface area contributed by atoms with Crippen LogP contribution in [0.3, 0.4) is 0 Å². The average molecular weight is 391 g/mol. The highest BCUT2D eigenvalue weighted by atomic mass is 35.5. The van der Waals surface area contributed by atoms with Crippen molar-refractivity contribution < 1.29 is 13.9 Å². The van der Waals surface area contributed by atoms with E-state index in [2.05, 4.69) is 10.3 Å². The monoisotopic (exact) mass is 390 g/mol. The van der Waals surface area contributed by atoms with Crippen LogP contribution in [-0.4, -0.2) is 10.9 Å². The van der Waals surface area contributed by atoms with Crippen molar-refractivity contribution in [1.82, 2.24) is 4.98 Å². The number of carbonyl (C=O) groups excluding carboxylic acids is 1. The number of ether oxygens (including phenoxy) is 1. The van der Waals surface area contributed by atoms with Gasteiger partial charge in [0.2, 0.25) is 0 Å². The van der Waals surface area contributed by atoms with E-state index in [0.29, 0.717) is 15.6 Å². The van der Waals surface area contributed by atoms with Gasteiger partial charge in [-0.15, -0.1) is 11.3 Å². The lowest BCUT2D eigenvalue weighted by Crippen LogP contribution is -2.12. The second-order valence-electron chi connectivity index (χ2n) is 5.70. The maximum Gasteiger partial charge on any atom is 0.267 e. The van der Waals surface area contributed by atoms with Crippen LogP contribution in [0.5, 0.6) is 5.75 Å². The molecule has 1 N–H and O–H groups in total. The first-order valence-electron chi connectivity index (χ1n) is 7.84. The molecule has 1 heterocycles. The summed E-state index contributed by atoms with van der Waals surface area (Å²) in [5, 5.41) is 3.48. The quantitative estimate of drug-likeness (QED) is 0.636. The van der Waals surface area contributed by atoms with Gasteiger partial charge in [-0.05, 0) is 44.2 Å². The van der Waals surface area contributed by atoms with Crippen LogP contribution in [0.2, 0.25) is 5.02 Å². The molecule has 3 rings (SSSR count). The highest BCUT2D eigenvalue weighted by Crippen LogP contribution is 2.24. The third-order valence-corrected chi connectivity index (χ3v) is 4.97. The molecule has 0 saturated carbocycles. The standard InChI is InChI=1S/C19H16ClFN2O2S/c1-11-3-6-14(7-4-11)25-10-17-22-12(2)18(26-17)19(24)23-16-8-5-13(20)9-15(16)21/h3-9H,10H2,1-2H3,(H,23,24). The predicted octanol–water partition coefficient (Wildman–Crippen LogP) is 5.38. The number of hydrogen-bond donors (Lipinski definition) is 1. The number of halogens is 2. The molecule has 1 amide bonds. The van der Waals surface area contributed by atoms with E-state index in [4.69, 9.17) is 16.3 Å². The lowest BCUT2D eigenvalue weighted by molar-refractivity contribution is 0.102. The lowest BCUT2D eigenvalue weighted by Gasteiger charge is -2.05. The summed E-state index contributed by atoms with van der Waals surface area (Å²) in [7, 11) is 0. The minimum absolute atomic E-state index is 0.0738. The fourth-order valence-corrected chi connectivity index (χ4v) is 3.31. The fraction of sp³-hybridized carbons (Fsp3) is 0.158. The molecule has 0 atom stereocenters. The van der Waals surface area contributed by atoms with Crippen LogP contribution in [0.1, 0.15) is 25.9 Å². The van der Waals surface area contributed by atoms with Crippen molar-refractivity contribution in [2.24, 2.45) is 0 Å². The number of nitrogens with one attached hydrogen (secondary N) is 1. The van der Waals surface area contributed by atoms with E-state index in [9.17, 15) is 9.18 Å². The number of benzene rings is 2. The molecule has 0 saturated heterocycles. The fourth-order valence-electron chi connectivity index (χ4n) is 2.27. The zero-order valence-corrected chi connectivity index (χ0v) is 15.7. The SMILES string of the molecule is Cc1ccc(OCc2nc(C)c(C(=O)Nc3ccc(Cl)cc3F)s2)cc1. The van der Waals surface area contributed by atoms with Crippen molar-refractivity contribution in [2.45, 2.75) is 20.5 Å². The molecular formula is C19H16ClFN2O2S. The molecule has 0 spiro atoms. The number of amides is 1. The Balaban J connectivity index is 1.68. The van der Waals surface area contributed by atoms with Gasteiger partial charge >= 0.3 is 0 Å². The Labute approximate surface area is 159 Å². The van der Waals surface area contributed by atoms with E-state index in [0.717, 1.165) is 17.4 Å². The van der Waals surface area contributed by atoms with E-state index < -0.39 is 11.7 Å². The summed E-state index contributed by atoms with van der Waals surface area (Å²) in [6, 6.07) is 11.8. The Morgan fingerprint density at radius 1 is 1.23 bits per heavy atom. The third kappa shape index (κ3) is 4.39. The topological polar surface area (TPSA) is 51.2 Å². The molecule has 2 aromatic carbocycles. The van der Waals surface area contributed by atoms with Gasteiger partial charge in [0, 0.05) is 5.02 Å². The third-order valence-electron chi connectivity index (χ3n) is 3.61. The Bertz CT molecular complexity index is 941. The van der Waals surface area contributed by atoms with Crippen molar-refractivity contribution in [2.75, 3.05) is 5.32 Å². The molecule has 0 bridgehead atoms. The van der Waals surface area contributed by atoms with E-state index in [-0.39, 0.29) is 17.3 Å². The van der Waals surface area contributed by atoms with Crippen LogP contribution in [0.4, 0.5) is 10.1 Å². The number of aryl methyl sites for hydroxylation is 2. The van der Waals surface area contributed by atoms with Crippen LogP contribution >= 0.6 is 22.9 Å². The van der Waals surface area contributed by atoms with Crippen LogP contribution in [0, 0.1) is 19.7 Å². The highest BCUT2D eigenvalue weighted by molar-refractivity contribution is 7.13. The molecule has 0 aliphatic rings. The van der Waals surface area contributed by atoms with Gasteiger partial charge in [0.1, 0.15) is 28.1 Å². The average Bonchev–Trinajstić information content (AvgIpc) is 2.98. The number of nitrogens with zero attached hydrogens (tertiary/aromatic N) is 1. The van der Waals surface area contributed by atoms with Gasteiger partial charge in [-0.3, -0.25) is 4.79 Å².